The van der Waals surface area contributed by atoms with Crippen molar-refractivity contribution in [1.29, 1.82) is 5.26 Å². The molecule has 0 fully saturated rings. The van der Waals surface area contributed by atoms with Crippen LogP contribution in [0.1, 0.15) is 11.3 Å². The second-order valence-electron chi connectivity index (χ2n) is 4.51. The minimum Gasteiger partial charge on any atom is -0.302 e. The summed E-state index contributed by atoms with van der Waals surface area (Å²) < 4.78 is 1.74. The Bertz CT molecular complexity index is 636. The van der Waals surface area contributed by atoms with Gasteiger partial charge in [0.2, 0.25) is 0 Å². The molecule has 0 aliphatic carbocycles. The predicted molar refractivity (Wildman–Crippen MR) is 68.0 cm³/mol. The van der Waals surface area contributed by atoms with Crippen molar-refractivity contribution in [3.8, 4) is 6.19 Å². The summed E-state index contributed by atoms with van der Waals surface area (Å²) in [4.78, 5) is 2.27. The van der Waals surface area contributed by atoms with Crippen LogP contribution >= 0.6 is 11.6 Å². The molecule has 0 atom stereocenters. The molecule has 1 aromatic carbocycles. The van der Waals surface area contributed by atoms with E-state index in [2.05, 4.69) is 18.1 Å². The number of hydrogen-bond donors (Lipinski definition) is 0. The van der Waals surface area contributed by atoms with Gasteiger partial charge in [-0.3, -0.25) is 4.57 Å². The molecule has 2 heterocycles. The fourth-order valence-electron chi connectivity index (χ4n) is 2.58. The highest BCUT2D eigenvalue weighted by molar-refractivity contribution is 6.31. The third-order valence-corrected chi connectivity index (χ3v) is 3.64. The Kier molecular flexibility index (Phi) is 2.36. The standard InChI is InChI=1S/C13H12ClN3/c1-16-5-4-13-11(7-16)10-6-9(14)2-3-12(10)17(13)8-15/h2-3,6H,4-5,7H2,1H3. The van der Waals surface area contributed by atoms with Gasteiger partial charge in [-0.2, -0.15) is 5.26 Å². The fourth-order valence-corrected chi connectivity index (χ4v) is 2.75. The highest BCUT2D eigenvalue weighted by Crippen LogP contribution is 2.31. The molecule has 0 amide bonds. The van der Waals surface area contributed by atoms with Crippen LogP contribution in [-0.4, -0.2) is 23.1 Å². The SMILES string of the molecule is CN1CCc2c(c3cc(Cl)ccc3n2C#N)C1. The molecule has 0 N–H and O–H groups in total. The summed E-state index contributed by atoms with van der Waals surface area (Å²) in [5.74, 6) is 0. The van der Waals surface area contributed by atoms with E-state index < -0.39 is 0 Å². The normalized spacial score (nSPS) is 15.8. The first-order chi connectivity index (χ1) is 8.20. The highest BCUT2D eigenvalue weighted by Gasteiger charge is 2.22. The number of hydrogen-bond acceptors (Lipinski definition) is 2. The maximum atomic E-state index is 9.28. The number of fused-ring (bicyclic) bond motifs is 3. The van der Waals surface area contributed by atoms with Crippen molar-refractivity contribution in [1.82, 2.24) is 9.47 Å². The highest BCUT2D eigenvalue weighted by atomic mass is 35.5. The summed E-state index contributed by atoms with van der Waals surface area (Å²) in [6, 6.07) is 5.73. The van der Waals surface area contributed by atoms with Gasteiger partial charge in [-0.25, -0.2) is 0 Å². The topological polar surface area (TPSA) is 32.0 Å². The van der Waals surface area contributed by atoms with Crippen LogP contribution in [0.4, 0.5) is 0 Å². The van der Waals surface area contributed by atoms with E-state index >= 15 is 0 Å². The minimum absolute atomic E-state index is 0.726. The van der Waals surface area contributed by atoms with E-state index in [4.69, 9.17) is 11.6 Å². The van der Waals surface area contributed by atoms with Crippen molar-refractivity contribution in [3.63, 3.8) is 0 Å². The molecule has 0 spiro atoms. The van der Waals surface area contributed by atoms with Crippen molar-refractivity contribution >= 4 is 22.5 Å². The Balaban J connectivity index is 2.37. The van der Waals surface area contributed by atoms with E-state index in [1.54, 1.807) is 4.57 Å². The molecule has 3 rings (SSSR count). The van der Waals surface area contributed by atoms with Crippen LogP contribution in [-0.2, 0) is 13.0 Å². The molecule has 3 nitrogen and oxygen atoms in total. The molecule has 0 unspecified atom stereocenters. The van der Waals surface area contributed by atoms with Gasteiger partial charge in [0.05, 0.1) is 5.52 Å². The third kappa shape index (κ3) is 1.53. The quantitative estimate of drug-likeness (QED) is 0.715. The molecule has 0 saturated heterocycles. The van der Waals surface area contributed by atoms with Crippen LogP contribution in [0, 0.1) is 11.5 Å². The Morgan fingerprint density at radius 3 is 3.00 bits per heavy atom. The number of nitrogens with zero attached hydrogens (tertiary/aromatic N) is 3. The van der Waals surface area contributed by atoms with Crippen molar-refractivity contribution < 1.29 is 0 Å². The lowest BCUT2D eigenvalue weighted by Crippen LogP contribution is -2.26. The summed E-state index contributed by atoms with van der Waals surface area (Å²) in [6.45, 7) is 1.89. The maximum absolute atomic E-state index is 9.28. The van der Waals surface area contributed by atoms with Gasteiger partial charge in [-0.15, -0.1) is 0 Å². The monoisotopic (exact) mass is 245 g/mol. The van der Waals surface area contributed by atoms with Crippen LogP contribution in [0.25, 0.3) is 10.9 Å². The van der Waals surface area contributed by atoms with E-state index in [1.165, 1.54) is 5.56 Å². The van der Waals surface area contributed by atoms with Gasteiger partial charge < -0.3 is 4.90 Å². The number of benzene rings is 1. The molecule has 0 saturated carbocycles. The van der Waals surface area contributed by atoms with E-state index in [0.717, 1.165) is 41.1 Å². The summed E-state index contributed by atoms with van der Waals surface area (Å²) in [6.07, 6.45) is 3.19. The molecule has 86 valence electrons. The summed E-state index contributed by atoms with van der Waals surface area (Å²) in [5.41, 5.74) is 3.36. The van der Waals surface area contributed by atoms with E-state index in [-0.39, 0.29) is 0 Å². The first-order valence-corrected chi connectivity index (χ1v) is 5.99. The first kappa shape index (κ1) is 10.6. The molecule has 4 heteroatoms. The zero-order chi connectivity index (χ0) is 12.0. The van der Waals surface area contributed by atoms with Crippen LogP contribution in [0.5, 0.6) is 0 Å². The van der Waals surface area contributed by atoms with Gasteiger partial charge in [0.1, 0.15) is 0 Å². The van der Waals surface area contributed by atoms with Crippen LogP contribution < -0.4 is 0 Å². The lowest BCUT2D eigenvalue weighted by Gasteiger charge is -2.22. The van der Waals surface area contributed by atoms with Crippen molar-refractivity contribution in [2.45, 2.75) is 13.0 Å². The molecule has 1 aliphatic rings. The number of likely N-dealkylation sites (N-methyl/N-ethyl adjacent to an activating group) is 1. The van der Waals surface area contributed by atoms with Gasteiger partial charge in [0, 0.05) is 35.6 Å². The molecular formula is C13H12ClN3. The second kappa shape index (κ2) is 3.76. The minimum atomic E-state index is 0.726. The largest absolute Gasteiger partial charge is 0.302 e. The zero-order valence-corrected chi connectivity index (χ0v) is 10.3. The Morgan fingerprint density at radius 2 is 2.24 bits per heavy atom. The molecule has 1 aromatic heterocycles. The fraction of sp³-hybridized carbons (Fsp3) is 0.308. The van der Waals surface area contributed by atoms with Gasteiger partial charge >= 0.3 is 0 Å². The summed E-state index contributed by atoms with van der Waals surface area (Å²) in [5, 5.41) is 11.1. The average Bonchev–Trinajstić information content (AvgIpc) is 2.62. The van der Waals surface area contributed by atoms with Crippen molar-refractivity contribution in [2.75, 3.05) is 13.6 Å². The van der Waals surface area contributed by atoms with Gasteiger partial charge in [0.25, 0.3) is 0 Å². The molecule has 0 bridgehead atoms. The molecule has 0 radical (unpaired) electrons. The van der Waals surface area contributed by atoms with E-state index in [1.807, 2.05) is 18.2 Å². The number of halogens is 1. The van der Waals surface area contributed by atoms with Crippen LogP contribution in [0.15, 0.2) is 18.2 Å². The zero-order valence-electron chi connectivity index (χ0n) is 9.57. The van der Waals surface area contributed by atoms with Crippen LogP contribution in [0.3, 0.4) is 0 Å². The predicted octanol–water partition coefficient (Wildman–Crippen LogP) is 2.61. The maximum Gasteiger partial charge on any atom is 0.189 e. The van der Waals surface area contributed by atoms with Gasteiger partial charge in [-0.05, 0) is 30.8 Å². The van der Waals surface area contributed by atoms with Gasteiger partial charge in [-0.1, -0.05) is 11.6 Å². The average molecular weight is 246 g/mol. The second-order valence-corrected chi connectivity index (χ2v) is 4.95. The molecule has 17 heavy (non-hydrogen) atoms. The smallest absolute Gasteiger partial charge is 0.189 e. The Morgan fingerprint density at radius 1 is 1.41 bits per heavy atom. The molecular weight excluding hydrogens is 234 g/mol. The lowest BCUT2D eigenvalue weighted by molar-refractivity contribution is 0.311. The Labute approximate surface area is 105 Å². The first-order valence-electron chi connectivity index (χ1n) is 5.61. The number of nitriles is 1. The van der Waals surface area contributed by atoms with Crippen molar-refractivity contribution in [2.24, 2.45) is 0 Å². The van der Waals surface area contributed by atoms with E-state index in [9.17, 15) is 5.26 Å². The van der Waals surface area contributed by atoms with Crippen molar-refractivity contribution in [3.05, 3.63) is 34.5 Å². The van der Waals surface area contributed by atoms with Crippen LogP contribution in [0.2, 0.25) is 5.02 Å². The lowest BCUT2D eigenvalue weighted by atomic mass is 10.1. The van der Waals surface area contributed by atoms with E-state index in [0.29, 0.717) is 0 Å². The number of aromatic nitrogens is 1. The molecule has 1 aliphatic heterocycles. The summed E-state index contributed by atoms with van der Waals surface area (Å²) in [7, 11) is 2.10. The third-order valence-electron chi connectivity index (χ3n) is 3.40. The van der Waals surface area contributed by atoms with Gasteiger partial charge in [0.15, 0.2) is 6.19 Å². The molecule has 2 aromatic rings. The Hall–Kier alpha value is -1.50. The number of rotatable bonds is 0. The summed E-state index contributed by atoms with van der Waals surface area (Å²) >= 11 is 6.04.